The number of amides is 1. The summed E-state index contributed by atoms with van der Waals surface area (Å²) in [5, 5.41) is 4.75. The molecule has 0 radical (unpaired) electrons. The first-order valence-electron chi connectivity index (χ1n) is 6.84. The number of hydrazone groups is 1. The molecule has 2 aromatic carbocycles. The fourth-order valence-electron chi connectivity index (χ4n) is 2.11. The Bertz CT molecular complexity index is 963. The molecule has 3 rings (SSSR count). The molecule has 23 heavy (non-hydrogen) atoms. The first kappa shape index (κ1) is 15.2. The third-order valence-electron chi connectivity index (χ3n) is 3.24. The van der Waals surface area contributed by atoms with Crippen molar-refractivity contribution >= 4 is 39.0 Å². The number of fused-ring (bicyclic) bond motifs is 1. The highest BCUT2D eigenvalue weighted by atomic mass is 79.9. The summed E-state index contributed by atoms with van der Waals surface area (Å²) in [6.07, 6.45) is 1.33. The van der Waals surface area contributed by atoms with Crippen molar-refractivity contribution < 1.29 is 4.79 Å². The van der Waals surface area contributed by atoms with Gasteiger partial charge in [-0.25, -0.2) is 5.43 Å². The Kier molecular flexibility index (Phi) is 4.34. The molecule has 0 unspecified atom stereocenters. The summed E-state index contributed by atoms with van der Waals surface area (Å²) >= 11 is 3.30. The second kappa shape index (κ2) is 6.58. The van der Waals surface area contributed by atoms with Crippen LogP contribution in [0.5, 0.6) is 0 Å². The van der Waals surface area contributed by atoms with Gasteiger partial charge in [0.25, 0.3) is 11.5 Å². The zero-order chi connectivity index (χ0) is 16.2. The van der Waals surface area contributed by atoms with Gasteiger partial charge in [-0.3, -0.25) is 9.59 Å². The third-order valence-corrected chi connectivity index (χ3v) is 3.73. The van der Waals surface area contributed by atoms with E-state index in [1.807, 2.05) is 30.3 Å². The summed E-state index contributed by atoms with van der Waals surface area (Å²) in [7, 11) is 0. The summed E-state index contributed by atoms with van der Waals surface area (Å²) in [6.45, 7) is 0. The van der Waals surface area contributed by atoms with Gasteiger partial charge in [-0.2, -0.15) is 5.10 Å². The average molecular weight is 370 g/mol. The van der Waals surface area contributed by atoms with Crippen LogP contribution >= 0.6 is 15.9 Å². The summed E-state index contributed by atoms with van der Waals surface area (Å²) < 4.78 is 0.806. The van der Waals surface area contributed by atoms with Crippen LogP contribution in [-0.2, 0) is 0 Å². The zero-order valence-corrected chi connectivity index (χ0v) is 13.5. The number of H-pyrrole nitrogens is 1. The highest BCUT2D eigenvalue weighted by molar-refractivity contribution is 9.10. The van der Waals surface area contributed by atoms with Crippen molar-refractivity contribution in [3.05, 3.63) is 80.6 Å². The summed E-state index contributed by atoms with van der Waals surface area (Å²) in [4.78, 5) is 26.7. The van der Waals surface area contributed by atoms with Gasteiger partial charge in [0.2, 0.25) is 0 Å². The lowest BCUT2D eigenvalue weighted by Crippen LogP contribution is -2.19. The van der Waals surface area contributed by atoms with Gasteiger partial charge in [0.15, 0.2) is 0 Å². The van der Waals surface area contributed by atoms with Gasteiger partial charge in [-0.1, -0.05) is 40.2 Å². The number of hydrogen-bond donors (Lipinski definition) is 2. The third kappa shape index (κ3) is 3.54. The van der Waals surface area contributed by atoms with E-state index < -0.39 is 0 Å². The minimum atomic E-state index is -0.347. The van der Waals surface area contributed by atoms with E-state index in [1.165, 1.54) is 6.21 Å². The molecule has 6 heteroatoms. The number of nitrogens with one attached hydrogen (secondary N) is 2. The van der Waals surface area contributed by atoms with Crippen molar-refractivity contribution in [3.8, 4) is 0 Å². The molecular formula is C17H12BrN3O2. The maximum absolute atomic E-state index is 12.0. The molecule has 0 aliphatic heterocycles. The lowest BCUT2D eigenvalue weighted by Gasteiger charge is -2.01. The second-order valence-electron chi connectivity index (χ2n) is 4.85. The smallest absolute Gasteiger partial charge is 0.271 e. The van der Waals surface area contributed by atoms with Crippen molar-refractivity contribution in [1.82, 2.24) is 10.4 Å². The van der Waals surface area contributed by atoms with E-state index in [0.717, 1.165) is 15.4 Å². The lowest BCUT2D eigenvalue weighted by molar-refractivity contribution is 0.0955. The van der Waals surface area contributed by atoms with Crippen molar-refractivity contribution in [2.75, 3.05) is 0 Å². The Morgan fingerprint density at radius 1 is 1.13 bits per heavy atom. The molecule has 3 aromatic rings. The number of aromatic nitrogens is 1. The number of carbonyl (C=O) groups excluding carboxylic acids is 1. The van der Waals surface area contributed by atoms with Crippen molar-refractivity contribution in [1.29, 1.82) is 0 Å². The maximum Gasteiger partial charge on any atom is 0.271 e. The van der Waals surface area contributed by atoms with Crippen LogP contribution in [0.2, 0.25) is 0 Å². The molecule has 0 aliphatic rings. The quantitative estimate of drug-likeness (QED) is 0.549. The molecule has 0 saturated heterocycles. The van der Waals surface area contributed by atoms with E-state index in [2.05, 4.69) is 31.4 Å². The van der Waals surface area contributed by atoms with Crippen LogP contribution in [0.3, 0.4) is 0 Å². The molecule has 1 heterocycles. The molecule has 1 amide bonds. The number of halogens is 1. The molecule has 0 saturated carbocycles. The van der Waals surface area contributed by atoms with Crippen LogP contribution in [0.25, 0.3) is 10.9 Å². The fourth-order valence-corrected chi connectivity index (χ4v) is 2.51. The van der Waals surface area contributed by atoms with E-state index in [4.69, 9.17) is 0 Å². The van der Waals surface area contributed by atoms with Crippen LogP contribution in [0.4, 0.5) is 0 Å². The molecule has 114 valence electrons. The maximum atomic E-state index is 12.0. The molecule has 2 N–H and O–H groups in total. The van der Waals surface area contributed by atoms with Gasteiger partial charge >= 0.3 is 0 Å². The predicted molar refractivity (Wildman–Crippen MR) is 93.8 cm³/mol. The molecular weight excluding hydrogens is 358 g/mol. The first-order chi connectivity index (χ1) is 11.1. The number of benzene rings is 2. The summed E-state index contributed by atoms with van der Waals surface area (Å²) in [6, 6.07) is 16.1. The monoisotopic (exact) mass is 369 g/mol. The second-order valence-corrected chi connectivity index (χ2v) is 5.77. The number of rotatable bonds is 3. The van der Waals surface area contributed by atoms with Gasteiger partial charge in [0, 0.05) is 15.6 Å². The normalized spacial score (nSPS) is 11.0. The number of hydrogen-bond acceptors (Lipinski definition) is 3. The van der Waals surface area contributed by atoms with Crippen LogP contribution in [0.1, 0.15) is 15.9 Å². The highest BCUT2D eigenvalue weighted by Gasteiger charge is 2.04. The Morgan fingerprint density at radius 3 is 2.78 bits per heavy atom. The van der Waals surface area contributed by atoms with Gasteiger partial charge in [-0.15, -0.1) is 0 Å². The van der Waals surface area contributed by atoms with Gasteiger partial charge in [-0.05, 0) is 35.7 Å². The van der Waals surface area contributed by atoms with E-state index in [0.29, 0.717) is 11.1 Å². The zero-order valence-electron chi connectivity index (χ0n) is 11.9. The van der Waals surface area contributed by atoms with Crippen LogP contribution in [0.15, 0.2) is 69.0 Å². The van der Waals surface area contributed by atoms with Gasteiger partial charge in [0.1, 0.15) is 0 Å². The van der Waals surface area contributed by atoms with Gasteiger partial charge in [0.05, 0.1) is 11.8 Å². The Morgan fingerprint density at radius 2 is 1.96 bits per heavy atom. The number of pyridine rings is 1. The summed E-state index contributed by atoms with van der Waals surface area (Å²) in [5.41, 5.74) is 3.75. The Balaban J connectivity index is 1.79. The number of nitrogens with zero attached hydrogens (tertiary/aromatic N) is 1. The molecule has 0 fully saturated rings. The molecule has 1 aromatic heterocycles. The minimum absolute atomic E-state index is 0.260. The first-order valence-corrected chi connectivity index (χ1v) is 7.64. The number of carbonyl (C=O) groups is 1. The van der Waals surface area contributed by atoms with E-state index in [-0.39, 0.29) is 11.5 Å². The van der Waals surface area contributed by atoms with E-state index in [9.17, 15) is 9.59 Å². The van der Waals surface area contributed by atoms with Gasteiger partial charge < -0.3 is 4.98 Å². The van der Waals surface area contributed by atoms with Crippen molar-refractivity contribution in [3.63, 3.8) is 0 Å². The largest absolute Gasteiger partial charge is 0.321 e. The van der Waals surface area contributed by atoms with E-state index in [1.54, 1.807) is 24.3 Å². The molecule has 0 aliphatic carbocycles. The number of aromatic amines is 1. The average Bonchev–Trinajstić information content (AvgIpc) is 2.55. The van der Waals surface area contributed by atoms with Crippen molar-refractivity contribution in [2.24, 2.45) is 5.10 Å². The van der Waals surface area contributed by atoms with Crippen molar-refractivity contribution in [2.45, 2.75) is 0 Å². The topological polar surface area (TPSA) is 74.3 Å². The Hall–Kier alpha value is -2.73. The molecule has 0 atom stereocenters. The minimum Gasteiger partial charge on any atom is -0.321 e. The highest BCUT2D eigenvalue weighted by Crippen LogP contribution is 2.11. The molecule has 0 spiro atoms. The molecule has 0 bridgehead atoms. The predicted octanol–water partition coefficient (Wildman–Crippen LogP) is 3.05. The van der Waals surface area contributed by atoms with Crippen LogP contribution < -0.4 is 11.0 Å². The fraction of sp³-hybridized carbons (Fsp3) is 0. The lowest BCUT2D eigenvalue weighted by atomic mass is 10.2. The van der Waals surface area contributed by atoms with Crippen LogP contribution in [-0.4, -0.2) is 17.1 Å². The SMILES string of the molecule is O=C(N/N=C/c1cc2ccccc2[nH]c1=O)c1cccc(Br)c1. The number of para-hydroxylation sites is 1. The Labute approximate surface area is 140 Å². The summed E-state index contributed by atoms with van der Waals surface area (Å²) in [5.74, 6) is -0.347. The van der Waals surface area contributed by atoms with E-state index >= 15 is 0 Å². The standard InChI is InChI=1S/C17H12BrN3O2/c18-14-6-3-5-12(9-14)17(23)21-19-10-13-8-11-4-1-2-7-15(11)20-16(13)22/h1-10H,(H,20,22)(H,21,23)/b19-10+. The molecule has 5 nitrogen and oxygen atoms in total. The van der Waals surface area contributed by atoms with Crippen LogP contribution in [0, 0.1) is 0 Å².